The van der Waals surface area contributed by atoms with Gasteiger partial charge in [0.15, 0.2) is 5.82 Å². The Labute approximate surface area is 122 Å². The van der Waals surface area contributed by atoms with Crippen LogP contribution in [0.3, 0.4) is 0 Å². The van der Waals surface area contributed by atoms with Crippen LogP contribution in [0.1, 0.15) is 47.8 Å². The van der Waals surface area contributed by atoms with E-state index in [1.807, 2.05) is 30.3 Å². The van der Waals surface area contributed by atoms with Crippen LogP contribution in [0.15, 0.2) is 34.9 Å². The summed E-state index contributed by atoms with van der Waals surface area (Å²) in [6, 6.07) is 9.78. The monoisotopic (exact) mass is 290 g/mol. The second-order valence-electron chi connectivity index (χ2n) is 5.48. The quantitative estimate of drug-likeness (QED) is 0.813. The fourth-order valence-electron chi connectivity index (χ4n) is 3.17. The maximum atomic E-state index is 6.40. The van der Waals surface area contributed by atoms with Crippen molar-refractivity contribution in [1.29, 1.82) is 0 Å². The Balaban J connectivity index is 1.56. The Morgan fingerprint density at radius 1 is 1.20 bits per heavy atom. The van der Waals surface area contributed by atoms with Crippen LogP contribution in [-0.2, 0) is 4.74 Å². The van der Waals surface area contributed by atoms with Gasteiger partial charge in [-0.25, -0.2) is 0 Å². The zero-order valence-corrected chi connectivity index (χ0v) is 11.7. The summed E-state index contributed by atoms with van der Waals surface area (Å²) >= 11 is 6.40. The second kappa shape index (κ2) is 4.86. The van der Waals surface area contributed by atoms with Crippen LogP contribution in [0.25, 0.3) is 0 Å². The van der Waals surface area contributed by atoms with E-state index in [0.717, 1.165) is 30.7 Å². The highest BCUT2D eigenvalue weighted by molar-refractivity contribution is 6.22. The lowest BCUT2D eigenvalue weighted by atomic mass is 9.89. The summed E-state index contributed by atoms with van der Waals surface area (Å²) in [5, 5.41) is 3.72. The number of benzene rings is 1. The molecule has 2 aliphatic heterocycles. The van der Waals surface area contributed by atoms with Gasteiger partial charge in [0.05, 0.1) is 18.1 Å². The van der Waals surface area contributed by atoms with E-state index in [0.29, 0.717) is 12.0 Å². The van der Waals surface area contributed by atoms with Gasteiger partial charge in [0.2, 0.25) is 5.89 Å². The van der Waals surface area contributed by atoms with Crippen LogP contribution in [0, 0.1) is 0 Å². The molecule has 2 aromatic rings. The van der Waals surface area contributed by atoms with E-state index in [2.05, 4.69) is 10.1 Å². The molecule has 0 spiro atoms. The maximum Gasteiger partial charge on any atom is 0.249 e. The highest BCUT2D eigenvalue weighted by atomic mass is 35.5. The summed E-state index contributed by atoms with van der Waals surface area (Å²) in [4.78, 5) is 4.50. The van der Waals surface area contributed by atoms with E-state index >= 15 is 0 Å². The van der Waals surface area contributed by atoms with Gasteiger partial charge in [-0.1, -0.05) is 35.5 Å². The first-order chi connectivity index (χ1) is 9.81. The molecule has 4 atom stereocenters. The number of hydrogen-bond acceptors (Lipinski definition) is 4. The van der Waals surface area contributed by atoms with E-state index in [9.17, 15) is 0 Å². The zero-order valence-electron chi connectivity index (χ0n) is 10.9. The van der Waals surface area contributed by atoms with Gasteiger partial charge in [-0.15, -0.1) is 11.6 Å². The van der Waals surface area contributed by atoms with E-state index < -0.39 is 5.38 Å². The summed E-state index contributed by atoms with van der Waals surface area (Å²) in [5.74, 6) is 1.48. The average molecular weight is 291 g/mol. The molecule has 104 valence electrons. The third-order valence-corrected chi connectivity index (χ3v) is 4.64. The molecule has 2 aliphatic rings. The van der Waals surface area contributed by atoms with Gasteiger partial charge in [0.25, 0.3) is 0 Å². The molecule has 0 radical (unpaired) electrons. The van der Waals surface area contributed by atoms with E-state index in [4.69, 9.17) is 20.9 Å². The lowest BCUT2D eigenvalue weighted by Gasteiger charge is -2.13. The van der Waals surface area contributed by atoms with E-state index in [1.165, 1.54) is 0 Å². The highest BCUT2D eigenvalue weighted by Gasteiger charge is 2.43. The van der Waals surface area contributed by atoms with Crippen molar-refractivity contribution in [3.8, 4) is 0 Å². The molecule has 4 rings (SSSR count). The van der Waals surface area contributed by atoms with Crippen LogP contribution in [-0.4, -0.2) is 22.3 Å². The number of halogens is 1. The summed E-state index contributed by atoms with van der Waals surface area (Å²) in [5.41, 5.74) is 0.966. The number of fused-ring (bicyclic) bond motifs is 2. The first-order valence-electron chi connectivity index (χ1n) is 6.99. The molecule has 2 saturated heterocycles. The van der Waals surface area contributed by atoms with Gasteiger partial charge in [-0.3, -0.25) is 0 Å². The van der Waals surface area contributed by atoms with E-state index in [-0.39, 0.29) is 12.0 Å². The standard InChI is InChI=1S/C15H15ClN2O2/c16-13(9-4-2-1-3-5-9)15-17-14(18-20-15)11-8-10-6-7-12(11)19-10/h1-5,10-13H,6-8H2. The average Bonchev–Trinajstić information content (AvgIpc) is 3.23. The number of alkyl halides is 1. The molecular formula is C15H15ClN2O2. The van der Waals surface area contributed by atoms with Crippen molar-refractivity contribution in [1.82, 2.24) is 10.1 Å². The van der Waals surface area contributed by atoms with Crippen molar-refractivity contribution in [3.05, 3.63) is 47.6 Å². The minimum absolute atomic E-state index is 0.260. The Hall–Kier alpha value is -1.39. The largest absolute Gasteiger partial charge is 0.374 e. The van der Waals surface area contributed by atoms with Crippen molar-refractivity contribution in [2.45, 2.75) is 42.8 Å². The summed E-state index contributed by atoms with van der Waals surface area (Å²) < 4.78 is 11.2. The first-order valence-corrected chi connectivity index (χ1v) is 7.43. The molecule has 4 unspecified atom stereocenters. The van der Waals surface area contributed by atoms with Gasteiger partial charge in [0, 0.05) is 0 Å². The van der Waals surface area contributed by atoms with Crippen molar-refractivity contribution in [2.75, 3.05) is 0 Å². The normalized spacial score (nSPS) is 29.8. The van der Waals surface area contributed by atoms with E-state index in [1.54, 1.807) is 0 Å². The first kappa shape index (κ1) is 12.4. The molecule has 1 aromatic carbocycles. The number of hydrogen-bond donors (Lipinski definition) is 0. The molecule has 0 saturated carbocycles. The number of ether oxygens (including phenoxy) is 1. The summed E-state index contributed by atoms with van der Waals surface area (Å²) in [6.07, 6.45) is 3.90. The Kier molecular flexibility index (Phi) is 3.00. The molecular weight excluding hydrogens is 276 g/mol. The van der Waals surface area contributed by atoms with Crippen LogP contribution in [0.4, 0.5) is 0 Å². The fraction of sp³-hybridized carbons (Fsp3) is 0.467. The fourth-order valence-corrected chi connectivity index (χ4v) is 3.41. The SMILES string of the molecule is ClC(c1ccccc1)c1nc(C2CC3CCC2O3)no1. The number of nitrogens with zero attached hydrogens (tertiary/aromatic N) is 2. The van der Waals surface area contributed by atoms with Gasteiger partial charge >= 0.3 is 0 Å². The summed E-state index contributed by atoms with van der Waals surface area (Å²) in [6.45, 7) is 0. The van der Waals surface area contributed by atoms with Crippen molar-refractivity contribution >= 4 is 11.6 Å². The topological polar surface area (TPSA) is 48.2 Å². The molecule has 2 bridgehead atoms. The van der Waals surface area contributed by atoms with Crippen molar-refractivity contribution in [3.63, 3.8) is 0 Å². The summed E-state index contributed by atoms with van der Waals surface area (Å²) in [7, 11) is 0. The van der Waals surface area contributed by atoms with Crippen molar-refractivity contribution < 1.29 is 9.26 Å². The predicted molar refractivity (Wildman–Crippen MR) is 73.7 cm³/mol. The second-order valence-corrected chi connectivity index (χ2v) is 5.92. The molecule has 20 heavy (non-hydrogen) atoms. The Morgan fingerprint density at radius 3 is 2.75 bits per heavy atom. The Bertz CT molecular complexity index is 601. The molecule has 4 nitrogen and oxygen atoms in total. The van der Waals surface area contributed by atoms with Crippen LogP contribution in [0.2, 0.25) is 0 Å². The lowest BCUT2D eigenvalue weighted by molar-refractivity contribution is 0.0996. The predicted octanol–water partition coefficient (Wildman–Crippen LogP) is 3.43. The lowest BCUT2D eigenvalue weighted by Crippen LogP contribution is -2.15. The highest BCUT2D eigenvalue weighted by Crippen LogP contribution is 2.43. The van der Waals surface area contributed by atoms with Crippen LogP contribution >= 0.6 is 11.6 Å². The van der Waals surface area contributed by atoms with Gasteiger partial charge in [-0.05, 0) is 24.8 Å². The number of rotatable bonds is 3. The molecule has 1 aromatic heterocycles. The van der Waals surface area contributed by atoms with Gasteiger partial charge < -0.3 is 9.26 Å². The minimum Gasteiger partial charge on any atom is -0.374 e. The van der Waals surface area contributed by atoms with Crippen LogP contribution < -0.4 is 0 Å². The maximum absolute atomic E-state index is 6.40. The third-order valence-electron chi connectivity index (χ3n) is 4.20. The smallest absolute Gasteiger partial charge is 0.249 e. The Morgan fingerprint density at radius 2 is 2.05 bits per heavy atom. The van der Waals surface area contributed by atoms with Crippen molar-refractivity contribution in [2.24, 2.45) is 0 Å². The van der Waals surface area contributed by atoms with Gasteiger partial charge in [0.1, 0.15) is 5.38 Å². The molecule has 3 heterocycles. The molecule has 0 amide bonds. The zero-order chi connectivity index (χ0) is 13.5. The third kappa shape index (κ3) is 2.03. The molecule has 2 fully saturated rings. The molecule has 5 heteroatoms. The molecule has 0 N–H and O–H groups in total. The van der Waals surface area contributed by atoms with Gasteiger partial charge in [-0.2, -0.15) is 4.98 Å². The van der Waals surface area contributed by atoms with Crippen LogP contribution in [0.5, 0.6) is 0 Å². The molecule has 0 aliphatic carbocycles. The number of aromatic nitrogens is 2. The minimum atomic E-state index is -0.392.